The van der Waals surface area contributed by atoms with Crippen molar-refractivity contribution in [2.24, 2.45) is 0 Å². The number of para-hydroxylation sites is 1. The van der Waals surface area contributed by atoms with Crippen LogP contribution in [-0.4, -0.2) is 30.6 Å². The van der Waals surface area contributed by atoms with Crippen LogP contribution in [0.1, 0.15) is 18.1 Å². The van der Waals surface area contributed by atoms with Crippen molar-refractivity contribution in [1.82, 2.24) is 4.90 Å². The van der Waals surface area contributed by atoms with Crippen LogP contribution >= 0.6 is 23.2 Å². The lowest BCUT2D eigenvalue weighted by Crippen LogP contribution is -2.32. The number of carbonyl (C=O) groups is 1. The molecule has 0 fully saturated rings. The van der Waals surface area contributed by atoms with E-state index in [9.17, 15) is 4.79 Å². The van der Waals surface area contributed by atoms with Gasteiger partial charge in [0.05, 0.1) is 16.5 Å². The number of fused-ring (bicyclic) bond motifs is 1. The van der Waals surface area contributed by atoms with E-state index in [-0.39, 0.29) is 12.3 Å². The molecule has 1 amide bonds. The topological polar surface area (TPSA) is 38.8 Å². The van der Waals surface area contributed by atoms with E-state index in [2.05, 4.69) is 0 Å². The van der Waals surface area contributed by atoms with Crippen LogP contribution in [0.4, 0.5) is 0 Å². The van der Waals surface area contributed by atoms with Gasteiger partial charge in [-0.25, -0.2) is 0 Å². The van der Waals surface area contributed by atoms with Gasteiger partial charge in [-0.15, -0.1) is 0 Å². The van der Waals surface area contributed by atoms with Crippen LogP contribution in [0.5, 0.6) is 11.5 Å². The standard InChI is InChI=1S/C19H19Cl2NO3/c1-2-22(18(23)11-13-6-7-15(20)16(21)10-13)12-14-4-3-5-17-19(14)25-9-8-24-17/h3-7,10H,2,8-9,11-12H2,1H3. The summed E-state index contributed by atoms with van der Waals surface area (Å²) >= 11 is 12.0. The molecule has 2 aromatic carbocycles. The number of ether oxygens (including phenoxy) is 2. The molecule has 3 rings (SSSR count). The average molecular weight is 380 g/mol. The van der Waals surface area contributed by atoms with Crippen molar-refractivity contribution in [3.05, 3.63) is 57.6 Å². The van der Waals surface area contributed by atoms with E-state index in [0.29, 0.717) is 36.3 Å². The summed E-state index contributed by atoms with van der Waals surface area (Å²) in [5, 5.41) is 0.941. The van der Waals surface area contributed by atoms with Crippen LogP contribution in [0.25, 0.3) is 0 Å². The Morgan fingerprint density at radius 3 is 2.68 bits per heavy atom. The molecule has 6 heteroatoms. The SMILES string of the molecule is CCN(Cc1cccc2c1OCCO2)C(=O)Cc1ccc(Cl)c(Cl)c1. The first-order valence-electron chi connectivity index (χ1n) is 8.17. The highest BCUT2D eigenvalue weighted by Crippen LogP contribution is 2.34. The summed E-state index contributed by atoms with van der Waals surface area (Å²) in [6.45, 7) is 4.10. The predicted octanol–water partition coefficient (Wildman–Crippen LogP) is 4.36. The summed E-state index contributed by atoms with van der Waals surface area (Å²) in [5.74, 6) is 1.49. The van der Waals surface area contributed by atoms with Crippen molar-refractivity contribution in [2.75, 3.05) is 19.8 Å². The van der Waals surface area contributed by atoms with Crippen LogP contribution in [-0.2, 0) is 17.8 Å². The molecule has 25 heavy (non-hydrogen) atoms. The number of benzene rings is 2. The van der Waals surface area contributed by atoms with Gasteiger partial charge in [-0.2, -0.15) is 0 Å². The van der Waals surface area contributed by atoms with Crippen molar-refractivity contribution in [3.63, 3.8) is 0 Å². The quantitative estimate of drug-likeness (QED) is 0.774. The molecule has 0 radical (unpaired) electrons. The van der Waals surface area contributed by atoms with E-state index in [1.165, 1.54) is 0 Å². The average Bonchev–Trinajstić information content (AvgIpc) is 2.62. The summed E-state index contributed by atoms with van der Waals surface area (Å²) in [7, 11) is 0. The Morgan fingerprint density at radius 2 is 1.92 bits per heavy atom. The van der Waals surface area contributed by atoms with Gasteiger partial charge in [0.15, 0.2) is 11.5 Å². The molecule has 4 nitrogen and oxygen atoms in total. The molecule has 2 aromatic rings. The number of amides is 1. The molecule has 0 spiro atoms. The van der Waals surface area contributed by atoms with Crippen LogP contribution in [0.3, 0.4) is 0 Å². The Labute approximate surface area is 157 Å². The second kappa shape index (κ2) is 7.98. The first-order chi connectivity index (χ1) is 12.1. The van der Waals surface area contributed by atoms with Gasteiger partial charge in [0.2, 0.25) is 5.91 Å². The van der Waals surface area contributed by atoms with E-state index in [0.717, 1.165) is 22.6 Å². The van der Waals surface area contributed by atoms with E-state index < -0.39 is 0 Å². The van der Waals surface area contributed by atoms with E-state index >= 15 is 0 Å². The lowest BCUT2D eigenvalue weighted by molar-refractivity contribution is -0.130. The third-order valence-corrected chi connectivity index (χ3v) is 4.82. The molecule has 0 N–H and O–H groups in total. The smallest absolute Gasteiger partial charge is 0.227 e. The Bertz CT molecular complexity index is 779. The summed E-state index contributed by atoms with van der Waals surface area (Å²) in [4.78, 5) is 14.5. The number of hydrogen-bond donors (Lipinski definition) is 0. The molecule has 0 aliphatic carbocycles. The highest BCUT2D eigenvalue weighted by Gasteiger charge is 2.20. The highest BCUT2D eigenvalue weighted by molar-refractivity contribution is 6.42. The van der Waals surface area contributed by atoms with Crippen LogP contribution in [0.15, 0.2) is 36.4 Å². The Kier molecular flexibility index (Phi) is 5.71. The molecular weight excluding hydrogens is 361 g/mol. The lowest BCUT2D eigenvalue weighted by Gasteiger charge is -2.25. The molecule has 1 aliphatic heterocycles. The van der Waals surface area contributed by atoms with Gasteiger partial charge in [-0.3, -0.25) is 4.79 Å². The Hall–Kier alpha value is -1.91. The van der Waals surface area contributed by atoms with Gasteiger partial charge in [0.1, 0.15) is 13.2 Å². The number of carbonyl (C=O) groups excluding carboxylic acids is 1. The number of rotatable bonds is 5. The van der Waals surface area contributed by atoms with Crippen molar-refractivity contribution in [3.8, 4) is 11.5 Å². The third-order valence-electron chi connectivity index (χ3n) is 4.08. The molecule has 1 aliphatic rings. The van der Waals surface area contributed by atoms with Crippen LogP contribution < -0.4 is 9.47 Å². The van der Waals surface area contributed by atoms with Crippen molar-refractivity contribution in [1.29, 1.82) is 0 Å². The first kappa shape index (κ1) is 17.9. The van der Waals surface area contributed by atoms with E-state index in [4.69, 9.17) is 32.7 Å². The minimum atomic E-state index is 0.0234. The number of halogens is 2. The first-order valence-corrected chi connectivity index (χ1v) is 8.93. The molecule has 0 bridgehead atoms. The van der Waals surface area contributed by atoms with E-state index in [1.54, 1.807) is 17.0 Å². The predicted molar refractivity (Wildman–Crippen MR) is 98.7 cm³/mol. The van der Waals surface area contributed by atoms with Gasteiger partial charge < -0.3 is 14.4 Å². The largest absolute Gasteiger partial charge is 0.486 e. The van der Waals surface area contributed by atoms with Gasteiger partial charge in [0, 0.05) is 18.7 Å². The number of nitrogens with zero attached hydrogens (tertiary/aromatic N) is 1. The minimum absolute atomic E-state index is 0.0234. The summed E-state index contributed by atoms with van der Waals surface area (Å²) < 4.78 is 11.3. The molecule has 132 valence electrons. The second-order valence-corrected chi connectivity index (χ2v) is 6.59. The highest BCUT2D eigenvalue weighted by atomic mass is 35.5. The fourth-order valence-corrected chi connectivity index (χ4v) is 3.10. The number of likely N-dealkylation sites (N-methyl/N-ethyl adjacent to an activating group) is 1. The Balaban J connectivity index is 1.74. The zero-order chi connectivity index (χ0) is 17.8. The molecular formula is C19H19Cl2NO3. The zero-order valence-corrected chi connectivity index (χ0v) is 15.4. The second-order valence-electron chi connectivity index (χ2n) is 5.77. The fraction of sp³-hybridized carbons (Fsp3) is 0.316. The van der Waals surface area contributed by atoms with E-state index in [1.807, 2.05) is 31.2 Å². The number of hydrogen-bond acceptors (Lipinski definition) is 3. The summed E-state index contributed by atoms with van der Waals surface area (Å²) in [5.41, 5.74) is 1.79. The van der Waals surface area contributed by atoms with Crippen molar-refractivity contribution < 1.29 is 14.3 Å². The molecule has 0 saturated heterocycles. The molecule has 0 saturated carbocycles. The fourth-order valence-electron chi connectivity index (χ4n) is 2.78. The lowest BCUT2D eigenvalue weighted by atomic mass is 10.1. The van der Waals surface area contributed by atoms with Gasteiger partial charge in [-0.05, 0) is 30.7 Å². The third kappa shape index (κ3) is 4.20. The maximum absolute atomic E-state index is 12.7. The van der Waals surface area contributed by atoms with Crippen LogP contribution in [0, 0.1) is 0 Å². The molecule has 1 heterocycles. The van der Waals surface area contributed by atoms with Crippen LogP contribution in [0.2, 0.25) is 10.0 Å². The molecule has 0 aromatic heterocycles. The zero-order valence-electron chi connectivity index (χ0n) is 13.9. The van der Waals surface area contributed by atoms with Gasteiger partial charge in [0.25, 0.3) is 0 Å². The van der Waals surface area contributed by atoms with Gasteiger partial charge in [-0.1, -0.05) is 41.4 Å². The molecule has 0 atom stereocenters. The normalized spacial score (nSPS) is 12.8. The Morgan fingerprint density at radius 1 is 1.12 bits per heavy atom. The van der Waals surface area contributed by atoms with Crippen molar-refractivity contribution in [2.45, 2.75) is 19.9 Å². The minimum Gasteiger partial charge on any atom is -0.486 e. The van der Waals surface area contributed by atoms with Gasteiger partial charge >= 0.3 is 0 Å². The molecule has 0 unspecified atom stereocenters. The monoisotopic (exact) mass is 379 g/mol. The maximum atomic E-state index is 12.7. The van der Waals surface area contributed by atoms with Crippen molar-refractivity contribution >= 4 is 29.1 Å². The summed E-state index contributed by atoms with van der Waals surface area (Å²) in [6, 6.07) is 11.0. The maximum Gasteiger partial charge on any atom is 0.227 e. The summed E-state index contributed by atoms with van der Waals surface area (Å²) in [6.07, 6.45) is 0.275.